The first-order chi connectivity index (χ1) is 8.70. The number of imidazole rings is 1. The maximum absolute atomic E-state index is 11.5. The molecular formula is C13H17N3O2. The monoisotopic (exact) mass is 247 g/mol. The van der Waals surface area contributed by atoms with Crippen molar-refractivity contribution in [2.24, 2.45) is 0 Å². The van der Waals surface area contributed by atoms with Crippen molar-refractivity contribution in [2.45, 2.75) is 19.9 Å². The number of benzene rings is 1. The summed E-state index contributed by atoms with van der Waals surface area (Å²) in [4.78, 5) is 19.1. The van der Waals surface area contributed by atoms with Crippen molar-refractivity contribution in [1.29, 1.82) is 0 Å². The van der Waals surface area contributed by atoms with Gasteiger partial charge in [-0.25, -0.2) is 4.98 Å². The average Bonchev–Trinajstić information content (AvgIpc) is 2.80. The molecule has 1 aromatic heterocycles. The SMILES string of the molecule is CCOCC(=O)NC(C)c1nc2ccccc2[nH]1. The molecule has 1 aromatic carbocycles. The van der Waals surface area contributed by atoms with Gasteiger partial charge in [-0.3, -0.25) is 4.79 Å². The van der Waals surface area contributed by atoms with E-state index in [9.17, 15) is 4.79 Å². The van der Waals surface area contributed by atoms with Crippen molar-refractivity contribution >= 4 is 16.9 Å². The molecule has 0 aliphatic heterocycles. The predicted octanol–water partition coefficient (Wildman–Crippen LogP) is 1.78. The number of carbonyl (C=O) groups is 1. The fourth-order valence-electron chi connectivity index (χ4n) is 1.72. The van der Waals surface area contributed by atoms with Crippen molar-refractivity contribution in [3.8, 4) is 0 Å². The highest BCUT2D eigenvalue weighted by Gasteiger charge is 2.13. The molecule has 1 unspecified atom stereocenters. The van der Waals surface area contributed by atoms with Gasteiger partial charge in [0, 0.05) is 6.61 Å². The van der Waals surface area contributed by atoms with Crippen LogP contribution in [0.4, 0.5) is 0 Å². The van der Waals surface area contributed by atoms with Crippen molar-refractivity contribution in [3.05, 3.63) is 30.1 Å². The van der Waals surface area contributed by atoms with Crippen LogP contribution in [0.15, 0.2) is 24.3 Å². The van der Waals surface area contributed by atoms with Gasteiger partial charge in [0.2, 0.25) is 5.91 Å². The van der Waals surface area contributed by atoms with Gasteiger partial charge in [-0.05, 0) is 26.0 Å². The number of hydrogen-bond donors (Lipinski definition) is 2. The zero-order chi connectivity index (χ0) is 13.0. The Hall–Kier alpha value is -1.88. The van der Waals surface area contributed by atoms with E-state index in [0.29, 0.717) is 6.61 Å². The molecule has 2 rings (SSSR count). The second-order valence-corrected chi connectivity index (χ2v) is 4.07. The van der Waals surface area contributed by atoms with E-state index in [4.69, 9.17) is 4.74 Å². The van der Waals surface area contributed by atoms with E-state index in [-0.39, 0.29) is 18.6 Å². The van der Waals surface area contributed by atoms with Crippen molar-refractivity contribution < 1.29 is 9.53 Å². The number of hydrogen-bond acceptors (Lipinski definition) is 3. The Morgan fingerprint density at radius 1 is 1.50 bits per heavy atom. The first-order valence-electron chi connectivity index (χ1n) is 6.02. The van der Waals surface area contributed by atoms with Gasteiger partial charge in [0.25, 0.3) is 0 Å². The number of rotatable bonds is 5. The Bertz CT molecular complexity index is 503. The Labute approximate surface area is 106 Å². The Balaban J connectivity index is 2.04. The molecule has 2 N–H and O–H groups in total. The number of para-hydroxylation sites is 2. The normalized spacial score (nSPS) is 12.6. The lowest BCUT2D eigenvalue weighted by Gasteiger charge is -2.11. The number of amides is 1. The molecule has 0 bridgehead atoms. The first kappa shape index (κ1) is 12.6. The summed E-state index contributed by atoms with van der Waals surface area (Å²) < 4.78 is 5.05. The molecule has 0 aliphatic carbocycles. The molecule has 1 amide bonds. The van der Waals surface area contributed by atoms with Gasteiger partial charge in [0.1, 0.15) is 12.4 Å². The predicted molar refractivity (Wildman–Crippen MR) is 69.1 cm³/mol. The second-order valence-electron chi connectivity index (χ2n) is 4.07. The van der Waals surface area contributed by atoms with Gasteiger partial charge in [0.15, 0.2) is 0 Å². The summed E-state index contributed by atoms with van der Waals surface area (Å²) in [7, 11) is 0. The van der Waals surface area contributed by atoms with Crippen LogP contribution in [0.5, 0.6) is 0 Å². The van der Waals surface area contributed by atoms with Crippen LogP contribution < -0.4 is 5.32 Å². The number of aromatic amines is 1. The molecule has 5 nitrogen and oxygen atoms in total. The highest BCUT2D eigenvalue weighted by Crippen LogP contribution is 2.15. The second kappa shape index (κ2) is 5.64. The van der Waals surface area contributed by atoms with Gasteiger partial charge >= 0.3 is 0 Å². The Morgan fingerprint density at radius 2 is 2.28 bits per heavy atom. The maximum atomic E-state index is 11.5. The molecule has 0 fully saturated rings. The molecule has 1 atom stereocenters. The summed E-state index contributed by atoms with van der Waals surface area (Å²) in [5.74, 6) is 0.617. The van der Waals surface area contributed by atoms with Crippen LogP contribution in [0.1, 0.15) is 25.7 Å². The molecule has 0 saturated heterocycles. The molecule has 5 heteroatoms. The van der Waals surface area contributed by atoms with Crippen LogP contribution in [0.3, 0.4) is 0 Å². The number of fused-ring (bicyclic) bond motifs is 1. The van der Waals surface area contributed by atoms with Crippen LogP contribution in [-0.2, 0) is 9.53 Å². The molecular weight excluding hydrogens is 230 g/mol. The van der Waals surface area contributed by atoms with Crippen LogP contribution in [-0.4, -0.2) is 29.1 Å². The minimum Gasteiger partial charge on any atom is -0.372 e. The largest absolute Gasteiger partial charge is 0.372 e. The minimum atomic E-state index is -0.162. The summed E-state index contributed by atoms with van der Waals surface area (Å²) in [6.07, 6.45) is 0. The Morgan fingerprint density at radius 3 is 3.00 bits per heavy atom. The third-order valence-electron chi connectivity index (χ3n) is 2.63. The zero-order valence-corrected chi connectivity index (χ0v) is 10.6. The molecule has 0 spiro atoms. The lowest BCUT2D eigenvalue weighted by molar-refractivity contribution is -0.126. The van der Waals surface area contributed by atoms with E-state index in [0.717, 1.165) is 16.9 Å². The topological polar surface area (TPSA) is 67.0 Å². The van der Waals surface area contributed by atoms with Crippen molar-refractivity contribution in [2.75, 3.05) is 13.2 Å². The molecule has 0 saturated carbocycles. The minimum absolute atomic E-state index is 0.0844. The first-order valence-corrected chi connectivity index (χ1v) is 6.02. The van der Waals surface area contributed by atoms with Crippen LogP contribution in [0, 0.1) is 0 Å². The number of nitrogens with one attached hydrogen (secondary N) is 2. The van der Waals surface area contributed by atoms with E-state index < -0.39 is 0 Å². The standard InChI is InChI=1S/C13H17N3O2/c1-3-18-8-12(17)14-9(2)13-15-10-6-4-5-7-11(10)16-13/h4-7,9H,3,8H2,1-2H3,(H,14,17)(H,15,16). The van der Waals surface area contributed by atoms with E-state index in [2.05, 4.69) is 15.3 Å². The summed E-state index contributed by atoms with van der Waals surface area (Å²) in [5, 5.41) is 2.83. The summed E-state index contributed by atoms with van der Waals surface area (Å²) in [6.45, 7) is 4.37. The van der Waals surface area contributed by atoms with Crippen LogP contribution in [0.25, 0.3) is 11.0 Å². The summed E-state index contributed by atoms with van der Waals surface area (Å²) >= 11 is 0. The molecule has 0 aliphatic rings. The van der Waals surface area contributed by atoms with E-state index in [1.165, 1.54) is 0 Å². The fraction of sp³-hybridized carbons (Fsp3) is 0.385. The fourth-order valence-corrected chi connectivity index (χ4v) is 1.72. The Kier molecular flexibility index (Phi) is 3.94. The zero-order valence-electron chi connectivity index (χ0n) is 10.6. The molecule has 2 aromatic rings. The highest BCUT2D eigenvalue weighted by atomic mass is 16.5. The van der Waals surface area contributed by atoms with Gasteiger partial charge in [0.05, 0.1) is 17.1 Å². The molecule has 1 heterocycles. The van der Waals surface area contributed by atoms with E-state index in [1.807, 2.05) is 38.1 Å². The third-order valence-corrected chi connectivity index (χ3v) is 2.63. The van der Waals surface area contributed by atoms with E-state index in [1.54, 1.807) is 0 Å². The van der Waals surface area contributed by atoms with Gasteiger partial charge in [-0.2, -0.15) is 0 Å². The molecule has 0 radical (unpaired) electrons. The number of nitrogens with zero attached hydrogens (tertiary/aromatic N) is 1. The molecule has 96 valence electrons. The lowest BCUT2D eigenvalue weighted by Crippen LogP contribution is -2.30. The quantitative estimate of drug-likeness (QED) is 0.846. The lowest BCUT2D eigenvalue weighted by atomic mass is 10.3. The maximum Gasteiger partial charge on any atom is 0.246 e. The summed E-state index contributed by atoms with van der Waals surface area (Å²) in [5.41, 5.74) is 1.87. The highest BCUT2D eigenvalue weighted by molar-refractivity contribution is 5.78. The molecule has 18 heavy (non-hydrogen) atoms. The third kappa shape index (κ3) is 2.87. The number of H-pyrrole nitrogens is 1. The van der Waals surface area contributed by atoms with Crippen molar-refractivity contribution in [1.82, 2.24) is 15.3 Å². The average molecular weight is 247 g/mol. The number of carbonyl (C=O) groups excluding carboxylic acids is 1. The summed E-state index contributed by atoms with van der Waals surface area (Å²) in [6, 6.07) is 7.61. The van der Waals surface area contributed by atoms with Crippen LogP contribution in [0.2, 0.25) is 0 Å². The van der Waals surface area contributed by atoms with Crippen molar-refractivity contribution in [3.63, 3.8) is 0 Å². The van der Waals surface area contributed by atoms with Gasteiger partial charge in [-0.15, -0.1) is 0 Å². The van der Waals surface area contributed by atoms with E-state index >= 15 is 0 Å². The smallest absolute Gasteiger partial charge is 0.246 e. The van der Waals surface area contributed by atoms with Gasteiger partial charge < -0.3 is 15.0 Å². The van der Waals surface area contributed by atoms with Gasteiger partial charge in [-0.1, -0.05) is 12.1 Å². The van der Waals surface area contributed by atoms with Crippen LogP contribution >= 0.6 is 0 Å². The number of aromatic nitrogens is 2. The number of ether oxygens (including phenoxy) is 1.